The summed E-state index contributed by atoms with van der Waals surface area (Å²) in [5.74, 6) is 1.32. The zero-order chi connectivity index (χ0) is 10.1. The first-order chi connectivity index (χ1) is 5.97. The van der Waals surface area contributed by atoms with Gasteiger partial charge in [0, 0.05) is 0 Å². The monoisotopic (exact) mass is 184 g/mol. The van der Waals surface area contributed by atoms with Crippen LogP contribution in [0.1, 0.15) is 53.4 Å². The third-order valence-electron chi connectivity index (χ3n) is 3.99. The van der Waals surface area contributed by atoms with E-state index in [1.54, 1.807) is 0 Å². The molecule has 1 nitrogen and oxygen atoms in total. The van der Waals surface area contributed by atoms with Gasteiger partial charge in [0.05, 0.1) is 6.10 Å². The van der Waals surface area contributed by atoms with Gasteiger partial charge in [-0.15, -0.1) is 0 Å². The molecule has 3 atom stereocenters. The second kappa shape index (κ2) is 4.00. The summed E-state index contributed by atoms with van der Waals surface area (Å²) < 4.78 is 0. The zero-order valence-corrected chi connectivity index (χ0v) is 9.51. The van der Waals surface area contributed by atoms with Gasteiger partial charge in [0.2, 0.25) is 0 Å². The van der Waals surface area contributed by atoms with Crippen LogP contribution in [0.25, 0.3) is 0 Å². The molecule has 1 aliphatic rings. The van der Waals surface area contributed by atoms with Crippen molar-refractivity contribution in [2.75, 3.05) is 0 Å². The van der Waals surface area contributed by atoms with Gasteiger partial charge < -0.3 is 5.11 Å². The van der Waals surface area contributed by atoms with Crippen LogP contribution in [0, 0.1) is 17.3 Å². The van der Waals surface area contributed by atoms with Gasteiger partial charge >= 0.3 is 0 Å². The van der Waals surface area contributed by atoms with E-state index >= 15 is 0 Å². The first-order valence-electron chi connectivity index (χ1n) is 5.65. The molecular weight excluding hydrogens is 160 g/mol. The zero-order valence-electron chi connectivity index (χ0n) is 9.51. The Labute approximate surface area is 82.5 Å². The Bertz CT molecular complexity index is 163. The minimum Gasteiger partial charge on any atom is -0.393 e. The van der Waals surface area contributed by atoms with Crippen molar-refractivity contribution < 1.29 is 5.11 Å². The minimum absolute atomic E-state index is 0.0499. The topological polar surface area (TPSA) is 20.2 Å². The van der Waals surface area contributed by atoms with E-state index in [1.165, 1.54) is 19.3 Å². The van der Waals surface area contributed by atoms with Gasteiger partial charge in [0.15, 0.2) is 0 Å². The van der Waals surface area contributed by atoms with Crippen LogP contribution in [-0.4, -0.2) is 11.2 Å². The predicted molar refractivity (Wildman–Crippen MR) is 56.6 cm³/mol. The lowest BCUT2D eigenvalue weighted by Crippen LogP contribution is -2.38. The number of rotatable bonds is 2. The smallest absolute Gasteiger partial charge is 0.0573 e. The average molecular weight is 184 g/mol. The second-order valence-electron chi connectivity index (χ2n) is 5.43. The molecule has 3 unspecified atom stereocenters. The number of aliphatic hydroxyl groups is 1. The highest BCUT2D eigenvalue weighted by Gasteiger charge is 2.36. The van der Waals surface area contributed by atoms with E-state index in [2.05, 4.69) is 27.7 Å². The van der Waals surface area contributed by atoms with E-state index in [0.29, 0.717) is 11.3 Å². The Morgan fingerprint density at radius 2 is 1.92 bits per heavy atom. The minimum atomic E-state index is -0.0499. The third kappa shape index (κ3) is 2.46. The molecule has 1 fully saturated rings. The highest BCUT2D eigenvalue weighted by Crippen LogP contribution is 2.42. The van der Waals surface area contributed by atoms with Gasteiger partial charge in [-0.25, -0.2) is 0 Å². The lowest BCUT2D eigenvalue weighted by atomic mass is 9.66. The normalized spacial score (nSPS) is 36.2. The molecular formula is C12H24O. The van der Waals surface area contributed by atoms with E-state index in [4.69, 9.17) is 0 Å². The first-order valence-corrected chi connectivity index (χ1v) is 5.65. The molecule has 0 aromatic carbocycles. The van der Waals surface area contributed by atoms with Gasteiger partial charge in [0.1, 0.15) is 0 Å². The highest BCUT2D eigenvalue weighted by molar-refractivity contribution is 4.87. The largest absolute Gasteiger partial charge is 0.393 e. The van der Waals surface area contributed by atoms with Crippen LogP contribution in [0.2, 0.25) is 0 Å². The van der Waals surface area contributed by atoms with Gasteiger partial charge in [-0.2, -0.15) is 0 Å². The summed E-state index contributed by atoms with van der Waals surface area (Å²) in [7, 11) is 0. The maximum atomic E-state index is 9.95. The van der Waals surface area contributed by atoms with Gasteiger partial charge in [-0.1, -0.05) is 34.1 Å². The molecule has 13 heavy (non-hydrogen) atoms. The second-order valence-corrected chi connectivity index (χ2v) is 5.43. The van der Waals surface area contributed by atoms with E-state index in [0.717, 1.165) is 12.3 Å². The standard InChI is InChI=1S/C12H24O/c1-5-12(3,4)10-8-9(2)6-7-11(10)13/h9-11,13H,5-8H2,1-4H3. The van der Waals surface area contributed by atoms with Crippen LogP contribution in [-0.2, 0) is 0 Å². The van der Waals surface area contributed by atoms with Crippen molar-refractivity contribution in [1.82, 2.24) is 0 Å². The summed E-state index contributed by atoms with van der Waals surface area (Å²) >= 11 is 0. The lowest BCUT2D eigenvalue weighted by molar-refractivity contribution is -0.0140. The Morgan fingerprint density at radius 3 is 2.46 bits per heavy atom. The van der Waals surface area contributed by atoms with Crippen molar-refractivity contribution in [1.29, 1.82) is 0 Å². The molecule has 0 heterocycles. The van der Waals surface area contributed by atoms with Gasteiger partial charge in [-0.3, -0.25) is 0 Å². The van der Waals surface area contributed by atoms with Crippen LogP contribution >= 0.6 is 0 Å². The van der Waals surface area contributed by atoms with Gasteiger partial charge in [0.25, 0.3) is 0 Å². The summed E-state index contributed by atoms with van der Waals surface area (Å²) in [6.45, 7) is 9.12. The van der Waals surface area contributed by atoms with Crippen LogP contribution in [0.3, 0.4) is 0 Å². The number of hydrogen-bond acceptors (Lipinski definition) is 1. The van der Waals surface area contributed by atoms with Crippen LogP contribution in [0.15, 0.2) is 0 Å². The molecule has 0 spiro atoms. The summed E-state index contributed by atoms with van der Waals surface area (Å²) in [6, 6.07) is 0. The summed E-state index contributed by atoms with van der Waals surface area (Å²) in [5.41, 5.74) is 0.314. The lowest BCUT2D eigenvalue weighted by Gasteiger charge is -2.42. The molecule has 0 bridgehead atoms. The quantitative estimate of drug-likeness (QED) is 0.698. The number of hydrogen-bond donors (Lipinski definition) is 1. The van der Waals surface area contributed by atoms with Crippen LogP contribution < -0.4 is 0 Å². The fourth-order valence-corrected chi connectivity index (χ4v) is 2.47. The first kappa shape index (κ1) is 11.0. The fourth-order valence-electron chi connectivity index (χ4n) is 2.47. The van der Waals surface area contributed by atoms with E-state index in [1.807, 2.05) is 0 Å². The Hall–Kier alpha value is -0.0400. The Kier molecular flexibility index (Phi) is 3.39. The highest BCUT2D eigenvalue weighted by atomic mass is 16.3. The molecule has 0 aromatic heterocycles. The molecule has 0 aliphatic heterocycles. The fraction of sp³-hybridized carbons (Fsp3) is 1.00. The molecule has 0 radical (unpaired) electrons. The maximum Gasteiger partial charge on any atom is 0.0573 e. The van der Waals surface area contributed by atoms with E-state index in [9.17, 15) is 5.11 Å². The molecule has 0 saturated heterocycles. The summed E-state index contributed by atoms with van der Waals surface area (Å²) in [4.78, 5) is 0. The maximum absolute atomic E-state index is 9.95. The molecule has 78 valence electrons. The van der Waals surface area contributed by atoms with Gasteiger partial charge in [-0.05, 0) is 36.5 Å². The van der Waals surface area contributed by atoms with Crippen molar-refractivity contribution in [2.45, 2.75) is 59.5 Å². The van der Waals surface area contributed by atoms with E-state index in [-0.39, 0.29) is 6.10 Å². The predicted octanol–water partition coefficient (Wildman–Crippen LogP) is 3.22. The Morgan fingerprint density at radius 1 is 1.31 bits per heavy atom. The molecule has 1 heteroatoms. The van der Waals surface area contributed by atoms with Crippen molar-refractivity contribution in [3.63, 3.8) is 0 Å². The molecule has 0 aromatic rings. The SMILES string of the molecule is CCC(C)(C)C1CC(C)CCC1O. The van der Waals surface area contributed by atoms with Crippen LogP contribution in [0.5, 0.6) is 0 Å². The van der Waals surface area contributed by atoms with Crippen molar-refractivity contribution in [3.05, 3.63) is 0 Å². The van der Waals surface area contributed by atoms with Crippen molar-refractivity contribution in [3.8, 4) is 0 Å². The summed E-state index contributed by atoms with van der Waals surface area (Å²) in [6.07, 6.45) is 4.54. The van der Waals surface area contributed by atoms with Crippen LogP contribution in [0.4, 0.5) is 0 Å². The average Bonchev–Trinajstić information content (AvgIpc) is 2.09. The molecule has 1 saturated carbocycles. The van der Waals surface area contributed by atoms with E-state index < -0.39 is 0 Å². The summed E-state index contributed by atoms with van der Waals surface area (Å²) in [5, 5.41) is 9.95. The van der Waals surface area contributed by atoms with Crippen molar-refractivity contribution >= 4 is 0 Å². The molecule has 1 rings (SSSR count). The molecule has 1 aliphatic carbocycles. The molecule has 1 N–H and O–H groups in total. The molecule has 0 amide bonds. The third-order valence-corrected chi connectivity index (χ3v) is 3.99. The van der Waals surface area contributed by atoms with Crippen molar-refractivity contribution in [2.24, 2.45) is 17.3 Å². The number of aliphatic hydroxyl groups excluding tert-OH is 1. The Balaban J connectivity index is 2.65.